The standard InChI is InChI=1S/C18H22FN3O2/c1-18(2,3)16-14-11(9-13(23)20-17(14)22(4)21-16)10-7-6-8-12(24-5)15(10)19/h6-8,11H,9H2,1-5H3,(H,20,23). The normalized spacial score (nSPS) is 17.4. The van der Waals surface area contributed by atoms with Gasteiger partial charge in [0.2, 0.25) is 5.91 Å². The van der Waals surface area contributed by atoms with E-state index in [1.165, 1.54) is 7.11 Å². The summed E-state index contributed by atoms with van der Waals surface area (Å²) in [6, 6.07) is 5.04. The largest absolute Gasteiger partial charge is 0.494 e. The van der Waals surface area contributed by atoms with Crippen LogP contribution in [0.1, 0.15) is 49.9 Å². The number of carbonyl (C=O) groups excluding carboxylic acids is 1. The highest BCUT2D eigenvalue weighted by Gasteiger charge is 2.37. The summed E-state index contributed by atoms with van der Waals surface area (Å²) >= 11 is 0. The number of hydrogen-bond donors (Lipinski definition) is 1. The highest BCUT2D eigenvalue weighted by atomic mass is 19.1. The van der Waals surface area contributed by atoms with Gasteiger partial charge in [0.25, 0.3) is 0 Å². The molecule has 1 amide bonds. The van der Waals surface area contributed by atoms with Gasteiger partial charge in [0.15, 0.2) is 11.6 Å². The number of rotatable bonds is 2. The fourth-order valence-corrected chi connectivity index (χ4v) is 3.26. The molecule has 1 aromatic carbocycles. The Morgan fingerprint density at radius 1 is 1.38 bits per heavy atom. The Morgan fingerprint density at radius 3 is 2.71 bits per heavy atom. The molecule has 6 heteroatoms. The lowest BCUT2D eigenvalue weighted by Gasteiger charge is -2.27. The van der Waals surface area contributed by atoms with Gasteiger partial charge in [-0.3, -0.25) is 9.48 Å². The van der Waals surface area contributed by atoms with Crippen LogP contribution in [0.15, 0.2) is 18.2 Å². The topological polar surface area (TPSA) is 56.1 Å². The number of methoxy groups -OCH3 is 1. The molecule has 0 bridgehead atoms. The third-order valence-electron chi connectivity index (χ3n) is 4.38. The number of ether oxygens (including phenoxy) is 1. The van der Waals surface area contributed by atoms with Crippen LogP contribution in [-0.4, -0.2) is 22.8 Å². The average Bonchev–Trinajstić information content (AvgIpc) is 2.84. The summed E-state index contributed by atoms with van der Waals surface area (Å²) in [7, 11) is 3.23. The van der Waals surface area contributed by atoms with Gasteiger partial charge in [0, 0.05) is 30.4 Å². The summed E-state index contributed by atoms with van der Waals surface area (Å²) < 4.78 is 21.6. The van der Waals surface area contributed by atoms with E-state index in [1.54, 1.807) is 29.9 Å². The van der Waals surface area contributed by atoms with Gasteiger partial charge >= 0.3 is 0 Å². The molecule has 5 nitrogen and oxygen atoms in total. The van der Waals surface area contributed by atoms with Crippen molar-refractivity contribution >= 4 is 11.7 Å². The second kappa shape index (κ2) is 5.61. The predicted octanol–water partition coefficient (Wildman–Crippen LogP) is 3.34. The molecule has 1 N–H and O–H groups in total. The van der Waals surface area contributed by atoms with E-state index in [9.17, 15) is 9.18 Å². The van der Waals surface area contributed by atoms with Crippen LogP contribution in [-0.2, 0) is 17.3 Å². The number of nitrogens with zero attached hydrogens (tertiary/aromatic N) is 2. The Hall–Kier alpha value is -2.37. The molecule has 128 valence electrons. The zero-order valence-corrected chi connectivity index (χ0v) is 14.6. The number of anilines is 1. The Labute approximate surface area is 140 Å². The molecule has 1 aliphatic rings. The molecule has 1 aliphatic heterocycles. The summed E-state index contributed by atoms with van der Waals surface area (Å²) in [6.45, 7) is 6.18. The minimum atomic E-state index is -0.422. The molecule has 1 unspecified atom stereocenters. The quantitative estimate of drug-likeness (QED) is 0.918. The number of halogens is 1. The van der Waals surface area contributed by atoms with E-state index in [0.29, 0.717) is 11.4 Å². The third kappa shape index (κ3) is 2.56. The zero-order valence-electron chi connectivity index (χ0n) is 14.6. The Morgan fingerprint density at radius 2 is 2.08 bits per heavy atom. The monoisotopic (exact) mass is 331 g/mol. The molecule has 2 aromatic rings. The first-order valence-electron chi connectivity index (χ1n) is 7.93. The van der Waals surface area contributed by atoms with E-state index in [-0.39, 0.29) is 29.4 Å². The van der Waals surface area contributed by atoms with E-state index in [4.69, 9.17) is 4.74 Å². The highest BCUT2D eigenvalue weighted by Crippen LogP contribution is 2.44. The first-order chi connectivity index (χ1) is 11.2. The fourth-order valence-electron chi connectivity index (χ4n) is 3.26. The molecule has 1 aromatic heterocycles. The number of aromatic nitrogens is 2. The van der Waals surface area contributed by atoms with E-state index >= 15 is 0 Å². The van der Waals surface area contributed by atoms with E-state index in [2.05, 4.69) is 31.2 Å². The van der Waals surface area contributed by atoms with E-state index in [0.717, 1.165) is 11.3 Å². The Bertz CT molecular complexity index is 805. The number of nitrogens with one attached hydrogen (secondary N) is 1. The molecule has 2 heterocycles. The number of fused-ring (bicyclic) bond motifs is 1. The zero-order chi connectivity index (χ0) is 17.6. The van der Waals surface area contributed by atoms with Crippen molar-refractivity contribution in [3.63, 3.8) is 0 Å². The van der Waals surface area contributed by atoms with Gasteiger partial charge in [-0.05, 0) is 11.6 Å². The van der Waals surface area contributed by atoms with Crippen LogP contribution in [0.5, 0.6) is 5.75 Å². The average molecular weight is 331 g/mol. The summed E-state index contributed by atoms with van der Waals surface area (Å²) in [5.41, 5.74) is 1.99. The molecular weight excluding hydrogens is 309 g/mol. The van der Waals surface area contributed by atoms with Crippen LogP contribution in [0.3, 0.4) is 0 Å². The van der Waals surface area contributed by atoms with Gasteiger partial charge in [0.05, 0.1) is 12.8 Å². The van der Waals surface area contributed by atoms with Crippen molar-refractivity contribution in [1.29, 1.82) is 0 Å². The summed E-state index contributed by atoms with van der Waals surface area (Å²) in [5, 5.41) is 7.47. The molecule has 0 radical (unpaired) electrons. The number of hydrogen-bond acceptors (Lipinski definition) is 3. The summed E-state index contributed by atoms with van der Waals surface area (Å²) in [5.74, 6) is -0.121. The molecule has 0 aliphatic carbocycles. The van der Waals surface area contributed by atoms with Gasteiger partial charge in [-0.15, -0.1) is 0 Å². The van der Waals surface area contributed by atoms with Crippen molar-refractivity contribution in [2.24, 2.45) is 7.05 Å². The Kier molecular flexibility index (Phi) is 3.86. The highest BCUT2D eigenvalue weighted by molar-refractivity contribution is 5.94. The van der Waals surface area contributed by atoms with Crippen molar-refractivity contribution in [3.8, 4) is 5.75 Å². The third-order valence-corrected chi connectivity index (χ3v) is 4.38. The van der Waals surface area contributed by atoms with E-state index < -0.39 is 5.82 Å². The van der Waals surface area contributed by atoms with Crippen LogP contribution in [0, 0.1) is 5.82 Å². The fraction of sp³-hybridized carbons (Fsp3) is 0.444. The van der Waals surface area contributed by atoms with Gasteiger partial charge in [-0.2, -0.15) is 5.10 Å². The molecule has 0 fully saturated rings. The van der Waals surface area contributed by atoms with Crippen LogP contribution >= 0.6 is 0 Å². The van der Waals surface area contributed by atoms with Crippen LogP contribution in [0.25, 0.3) is 0 Å². The van der Waals surface area contributed by atoms with Gasteiger partial charge in [-0.25, -0.2) is 4.39 Å². The van der Waals surface area contributed by atoms with Gasteiger partial charge in [-0.1, -0.05) is 32.9 Å². The maximum Gasteiger partial charge on any atom is 0.226 e. The lowest BCUT2D eigenvalue weighted by molar-refractivity contribution is -0.116. The van der Waals surface area contributed by atoms with Gasteiger partial charge < -0.3 is 10.1 Å². The van der Waals surface area contributed by atoms with Crippen molar-refractivity contribution < 1.29 is 13.9 Å². The molecule has 24 heavy (non-hydrogen) atoms. The molecule has 0 saturated heterocycles. The molecule has 0 spiro atoms. The lowest BCUT2D eigenvalue weighted by atomic mass is 9.79. The van der Waals surface area contributed by atoms with Crippen molar-refractivity contribution in [3.05, 3.63) is 40.8 Å². The summed E-state index contributed by atoms with van der Waals surface area (Å²) in [4.78, 5) is 12.2. The van der Waals surface area contributed by atoms with Crippen LogP contribution in [0.4, 0.5) is 10.2 Å². The number of carbonyl (C=O) groups is 1. The van der Waals surface area contributed by atoms with Crippen LogP contribution in [0.2, 0.25) is 0 Å². The molecule has 1 atom stereocenters. The van der Waals surface area contributed by atoms with Crippen molar-refractivity contribution in [2.75, 3.05) is 12.4 Å². The number of benzene rings is 1. The van der Waals surface area contributed by atoms with Crippen molar-refractivity contribution in [1.82, 2.24) is 9.78 Å². The van der Waals surface area contributed by atoms with Gasteiger partial charge in [0.1, 0.15) is 5.82 Å². The van der Waals surface area contributed by atoms with Crippen LogP contribution < -0.4 is 10.1 Å². The first-order valence-corrected chi connectivity index (χ1v) is 7.93. The lowest BCUT2D eigenvalue weighted by Crippen LogP contribution is -2.26. The maximum absolute atomic E-state index is 14.8. The second-order valence-electron chi connectivity index (χ2n) is 7.15. The molecule has 3 rings (SSSR count). The smallest absolute Gasteiger partial charge is 0.226 e. The molecule has 0 saturated carbocycles. The van der Waals surface area contributed by atoms with Crippen molar-refractivity contribution in [2.45, 2.75) is 38.5 Å². The Balaban J connectivity index is 2.24. The van der Waals surface area contributed by atoms with E-state index in [1.807, 2.05) is 0 Å². The predicted molar refractivity (Wildman–Crippen MR) is 89.9 cm³/mol. The second-order valence-corrected chi connectivity index (χ2v) is 7.15. The first kappa shape index (κ1) is 16.5. The SMILES string of the molecule is COc1cccc(C2CC(=O)Nc3c2c(C(C)(C)C)nn3C)c1F. The minimum Gasteiger partial charge on any atom is -0.494 e. The number of aryl methyl sites for hydroxylation is 1. The summed E-state index contributed by atoms with van der Waals surface area (Å²) in [6.07, 6.45) is 0.186. The molecular formula is C18H22FN3O2. The number of amides is 1. The maximum atomic E-state index is 14.8. The minimum absolute atomic E-state index is 0.141.